The van der Waals surface area contributed by atoms with Crippen molar-refractivity contribution in [1.29, 1.82) is 0 Å². The summed E-state index contributed by atoms with van der Waals surface area (Å²) in [6.07, 6.45) is 5.19. The van der Waals surface area contributed by atoms with Gasteiger partial charge in [-0.2, -0.15) is 0 Å². The Bertz CT molecular complexity index is 777. The fourth-order valence-corrected chi connectivity index (χ4v) is 7.90. The van der Waals surface area contributed by atoms with Crippen LogP contribution < -0.4 is 0 Å². The van der Waals surface area contributed by atoms with Gasteiger partial charge in [0.1, 0.15) is 0 Å². The molecule has 1 N–H and O–H groups in total. The Kier molecular flexibility index (Phi) is 8.12. The number of piperazine rings is 1. The second-order valence-electron chi connectivity index (χ2n) is 10.2. The Morgan fingerprint density at radius 3 is 2.22 bits per heavy atom. The molecule has 3 unspecified atom stereocenters. The first kappa shape index (κ1) is 25.3. The van der Waals surface area contributed by atoms with Crippen LogP contribution in [0.3, 0.4) is 0 Å². The quantitative estimate of drug-likeness (QED) is 0.660. The number of aliphatic hydroxyl groups is 1. The molecule has 2 aliphatic carbocycles. The third-order valence-electron chi connectivity index (χ3n) is 7.72. The molecule has 0 spiro atoms. The van der Waals surface area contributed by atoms with Crippen molar-refractivity contribution in [3.05, 3.63) is 0 Å². The predicted molar refractivity (Wildman–Crippen MR) is 122 cm³/mol. The van der Waals surface area contributed by atoms with Crippen molar-refractivity contribution >= 4 is 21.8 Å². The van der Waals surface area contributed by atoms with Crippen LogP contribution in [-0.2, 0) is 19.4 Å². The lowest BCUT2D eigenvalue weighted by atomic mass is 9.69. The average molecular weight is 473 g/mol. The Morgan fingerprint density at radius 1 is 1.03 bits per heavy atom. The first-order valence-electron chi connectivity index (χ1n) is 12.1. The van der Waals surface area contributed by atoms with Crippen LogP contribution in [0.25, 0.3) is 0 Å². The van der Waals surface area contributed by atoms with Crippen molar-refractivity contribution < 1.29 is 27.9 Å². The Labute approximate surface area is 192 Å². The molecule has 3 fully saturated rings. The molecule has 32 heavy (non-hydrogen) atoms. The lowest BCUT2D eigenvalue weighted by Crippen LogP contribution is -2.67. The lowest BCUT2D eigenvalue weighted by Gasteiger charge is -2.54. The summed E-state index contributed by atoms with van der Waals surface area (Å²) >= 11 is 0. The molecular formula is C23H40N2O6S. The third kappa shape index (κ3) is 5.41. The molecule has 0 aromatic rings. The summed E-state index contributed by atoms with van der Waals surface area (Å²) in [5.74, 6) is 0.748. The van der Waals surface area contributed by atoms with Crippen molar-refractivity contribution in [2.24, 2.45) is 11.8 Å². The number of aliphatic hydroxyl groups excluding tert-OH is 1. The van der Waals surface area contributed by atoms with Gasteiger partial charge in [-0.1, -0.05) is 0 Å². The predicted octanol–water partition coefficient (Wildman–Crippen LogP) is 2.59. The van der Waals surface area contributed by atoms with Crippen LogP contribution in [0.4, 0.5) is 4.79 Å². The first-order chi connectivity index (χ1) is 15.0. The number of carbonyl (C=O) groups is 2. The molecule has 3 aliphatic rings. The minimum Gasteiger partial charge on any atom is -0.447 e. The van der Waals surface area contributed by atoms with Crippen LogP contribution in [0.5, 0.6) is 0 Å². The molecule has 3 rings (SSSR count). The maximum atomic E-state index is 12.9. The Morgan fingerprint density at radius 2 is 1.66 bits per heavy atom. The number of hydrogen-bond acceptors (Lipinski definition) is 6. The molecule has 0 aromatic heterocycles. The van der Waals surface area contributed by atoms with Crippen molar-refractivity contribution in [3.8, 4) is 0 Å². The highest BCUT2D eigenvalue weighted by atomic mass is 32.2. The number of rotatable bonds is 5. The smallest absolute Gasteiger partial charge is 0.410 e. The van der Waals surface area contributed by atoms with E-state index in [1.807, 2.05) is 30.6 Å². The maximum absolute atomic E-state index is 12.9. The molecule has 9 heteroatoms. The second kappa shape index (κ2) is 10.3. The van der Waals surface area contributed by atoms with Crippen LogP contribution in [0.15, 0.2) is 0 Å². The molecule has 8 nitrogen and oxygen atoms in total. The van der Waals surface area contributed by atoms with Gasteiger partial charge in [0.15, 0.2) is 9.84 Å². The maximum Gasteiger partial charge on any atom is 0.410 e. The Balaban J connectivity index is 1.71. The zero-order valence-corrected chi connectivity index (χ0v) is 20.7. The third-order valence-corrected chi connectivity index (χ3v) is 9.96. The number of sulfone groups is 1. The number of nitrogens with zero attached hydrogens (tertiary/aromatic N) is 2. The van der Waals surface area contributed by atoms with E-state index in [9.17, 15) is 18.0 Å². The summed E-state index contributed by atoms with van der Waals surface area (Å²) in [6, 6.07) is -0.0957. The molecule has 2 saturated carbocycles. The van der Waals surface area contributed by atoms with E-state index in [2.05, 4.69) is 0 Å². The fraction of sp³-hybridized carbons (Fsp3) is 0.913. The van der Waals surface area contributed by atoms with Gasteiger partial charge in [-0.15, -0.1) is 0 Å². The highest BCUT2D eigenvalue weighted by Crippen LogP contribution is 2.43. The molecule has 0 radical (unpaired) electrons. The van der Waals surface area contributed by atoms with Crippen LogP contribution in [-0.4, -0.2) is 83.7 Å². The van der Waals surface area contributed by atoms with E-state index in [0.717, 1.165) is 32.1 Å². The second-order valence-corrected chi connectivity index (χ2v) is 12.6. The lowest BCUT2D eigenvalue weighted by molar-refractivity contribution is -0.142. The fourth-order valence-electron chi connectivity index (χ4n) is 6.32. The van der Waals surface area contributed by atoms with Crippen LogP contribution in [0, 0.1) is 11.8 Å². The van der Waals surface area contributed by atoms with Crippen LogP contribution in [0.2, 0.25) is 0 Å². The number of carbonyl (C=O) groups excluding carboxylic acids is 2. The summed E-state index contributed by atoms with van der Waals surface area (Å²) < 4.78 is 30.2. The zero-order valence-electron chi connectivity index (χ0n) is 19.9. The molecule has 1 saturated heterocycles. The highest BCUT2D eigenvalue weighted by molar-refractivity contribution is 7.92. The van der Waals surface area contributed by atoms with Crippen molar-refractivity contribution in [2.45, 2.75) is 102 Å². The molecule has 1 heterocycles. The van der Waals surface area contributed by atoms with E-state index in [0.29, 0.717) is 31.2 Å². The summed E-state index contributed by atoms with van der Waals surface area (Å²) in [6.45, 7) is 7.45. The molecule has 0 aromatic carbocycles. The van der Waals surface area contributed by atoms with Gasteiger partial charge >= 0.3 is 6.09 Å². The minimum absolute atomic E-state index is 0.00785. The summed E-state index contributed by atoms with van der Waals surface area (Å²) in [5, 5.41) is 8.71. The molecule has 2 amide bonds. The Hall–Kier alpha value is -1.35. The minimum atomic E-state index is -3.22. The molecule has 0 bridgehead atoms. The normalized spacial score (nSPS) is 33.7. The number of fused-ring (bicyclic) bond motifs is 1. The van der Waals surface area contributed by atoms with Crippen molar-refractivity contribution in [3.63, 3.8) is 0 Å². The summed E-state index contributed by atoms with van der Waals surface area (Å²) in [4.78, 5) is 29.1. The van der Waals surface area contributed by atoms with Gasteiger partial charge in [0, 0.05) is 19.5 Å². The van der Waals surface area contributed by atoms with Crippen LogP contribution >= 0.6 is 0 Å². The van der Waals surface area contributed by atoms with E-state index in [1.54, 1.807) is 6.92 Å². The van der Waals surface area contributed by atoms with E-state index in [1.165, 1.54) is 0 Å². The van der Waals surface area contributed by atoms with Gasteiger partial charge in [0.2, 0.25) is 5.91 Å². The molecule has 184 valence electrons. The number of amides is 2. The van der Waals surface area contributed by atoms with Gasteiger partial charge in [0.05, 0.1) is 35.8 Å². The van der Waals surface area contributed by atoms with Gasteiger partial charge in [-0.25, -0.2) is 13.2 Å². The SMILES string of the molecule is CC(=O)N1C2CCC(C3CCC(S(=O)(=O)CCO)CC3)CC2N(C(=O)OC(C)C)C[C@@H]1C. The summed E-state index contributed by atoms with van der Waals surface area (Å²) in [5.41, 5.74) is 0. The zero-order chi connectivity index (χ0) is 23.6. The molecular weight excluding hydrogens is 432 g/mol. The standard InChI is InChI=1S/C23H40N2O6S/c1-15(2)31-23(28)24-14-16(3)25(17(4)27)21-10-7-19(13-22(21)24)18-5-8-20(9-6-18)32(29,30)12-11-26/h15-16,18-22,26H,5-14H2,1-4H3/t16-,18?,19?,20?,21?,22?/m0/s1. The molecule has 4 atom stereocenters. The number of ether oxygens (including phenoxy) is 1. The van der Waals surface area contributed by atoms with Gasteiger partial charge in [-0.05, 0) is 77.6 Å². The van der Waals surface area contributed by atoms with E-state index in [4.69, 9.17) is 9.84 Å². The van der Waals surface area contributed by atoms with E-state index >= 15 is 0 Å². The summed E-state index contributed by atoms with van der Waals surface area (Å²) in [7, 11) is -3.22. The topological polar surface area (TPSA) is 104 Å². The van der Waals surface area contributed by atoms with E-state index < -0.39 is 9.84 Å². The van der Waals surface area contributed by atoms with Gasteiger partial charge in [0.25, 0.3) is 0 Å². The monoisotopic (exact) mass is 472 g/mol. The van der Waals surface area contributed by atoms with E-state index in [-0.39, 0.29) is 53.8 Å². The number of hydrogen-bond donors (Lipinski definition) is 1. The molecule has 1 aliphatic heterocycles. The van der Waals surface area contributed by atoms with Crippen LogP contribution in [0.1, 0.15) is 72.6 Å². The van der Waals surface area contributed by atoms with Gasteiger partial charge in [-0.3, -0.25) is 4.79 Å². The highest BCUT2D eigenvalue weighted by Gasteiger charge is 2.48. The van der Waals surface area contributed by atoms with Gasteiger partial charge < -0.3 is 19.6 Å². The van der Waals surface area contributed by atoms with Crippen molar-refractivity contribution in [1.82, 2.24) is 9.80 Å². The largest absolute Gasteiger partial charge is 0.447 e. The first-order valence-corrected chi connectivity index (χ1v) is 13.8. The van der Waals surface area contributed by atoms with Crippen molar-refractivity contribution in [2.75, 3.05) is 18.9 Å². The average Bonchev–Trinajstić information content (AvgIpc) is 2.72.